The van der Waals surface area contributed by atoms with Gasteiger partial charge in [-0.25, -0.2) is 0 Å². The second kappa shape index (κ2) is 18.5. The summed E-state index contributed by atoms with van der Waals surface area (Å²) in [7, 11) is 0. The van der Waals surface area contributed by atoms with Crippen molar-refractivity contribution in [3.63, 3.8) is 0 Å². The first-order chi connectivity index (χ1) is 21.3. The van der Waals surface area contributed by atoms with E-state index >= 15 is 0 Å². The molecule has 0 N–H and O–H groups in total. The summed E-state index contributed by atoms with van der Waals surface area (Å²) in [6.45, 7) is 22.4. The Balaban J connectivity index is 0.000000283. The number of hydrogen-bond donors (Lipinski definition) is 0. The van der Waals surface area contributed by atoms with Crippen molar-refractivity contribution in [3.05, 3.63) is 131 Å². The number of fused-ring (bicyclic) bond motifs is 2. The summed E-state index contributed by atoms with van der Waals surface area (Å²) in [6.07, 6.45) is 0. The molecule has 0 saturated heterocycles. The van der Waals surface area contributed by atoms with Crippen LogP contribution >= 0.6 is 0 Å². The topological polar surface area (TPSA) is 0 Å². The fourth-order valence-electron chi connectivity index (χ4n) is 5.78. The molecule has 0 aliphatic carbocycles. The van der Waals surface area contributed by atoms with Crippen LogP contribution in [0, 0.1) is 13.8 Å². The van der Waals surface area contributed by atoms with Crippen molar-refractivity contribution < 1.29 is 48.1 Å². The van der Waals surface area contributed by atoms with E-state index in [0.717, 1.165) is 0 Å². The van der Waals surface area contributed by atoms with Crippen LogP contribution in [0.1, 0.15) is 87.1 Å². The molecule has 0 heterocycles. The maximum atomic E-state index is 2.35. The molecule has 0 fully saturated rings. The van der Waals surface area contributed by atoms with Crippen LogP contribution in [0.25, 0.3) is 43.8 Å². The fourth-order valence-corrected chi connectivity index (χ4v) is 5.78. The zero-order valence-corrected chi connectivity index (χ0v) is 34.8. The van der Waals surface area contributed by atoms with Crippen molar-refractivity contribution in [2.45, 2.75) is 86.2 Å². The molecule has 0 atom stereocenters. The zero-order valence-electron chi connectivity index (χ0n) is 29.8. The van der Waals surface area contributed by atoms with Crippen LogP contribution in [0.2, 0.25) is 13.1 Å². The first-order valence-electron chi connectivity index (χ1n) is 16.4. The molecule has 47 heavy (non-hydrogen) atoms. The minimum atomic E-state index is 0. The van der Waals surface area contributed by atoms with E-state index in [2.05, 4.69) is 172 Å². The van der Waals surface area contributed by atoms with Gasteiger partial charge in [-0.05, 0) is 40.0 Å². The van der Waals surface area contributed by atoms with E-state index in [1.165, 1.54) is 71.6 Å². The molecule has 4 heteroatoms. The fraction of sp³-hybridized carbons (Fsp3) is 0.302. The second-order valence-corrected chi connectivity index (χ2v) is 23.0. The second-order valence-electron chi connectivity index (χ2n) is 13.6. The van der Waals surface area contributed by atoms with Gasteiger partial charge in [0.2, 0.25) is 0 Å². The zero-order chi connectivity index (χ0) is 32.8. The van der Waals surface area contributed by atoms with Crippen LogP contribution in [0.15, 0.2) is 103 Å². The predicted molar refractivity (Wildman–Crippen MR) is 199 cm³/mol. The van der Waals surface area contributed by atoms with Crippen LogP contribution in [-0.2, 0) is 23.3 Å². The third-order valence-corrected chi connectivity index (χ3v) is 8.47. The van der Waals surface area contributed by atoms with Crippen LogP contribution in [0.3, 0.4) is 0 Å². The number of benzene rings is 4. The predicted octanol–water partition coefficient (Wildman–Crippen LogP) is 7.23. The molecule has 0 aromatic heterocycles. The molecule has 0 radical (unpaired) electrons. The van der Waals surface area contributed by atoms with Crippen molar-refractivity contribution in [3.8, 4) is 22.3 Å². The van der Waals surface area contributed by atoms with Crippen molar-refractivity contribution in [1.29, 1.82) is 0 Å². The van der Waals surface area contributed by atoms with Gasteiger partial charge in [0.15, 0.2) is 0 Å². The summed E-state index contributed by atoms with van der Waals surface area (Å²) in [5.41, 5.74) is 12.4. The van der Waals surface area contributed by atoms with E-state index in [9.17, 15) is 0 Å². The van der Waals surface area contributed by atoms with Gasteiger partial charge in [0.05, 0.1) is 0 Å². The molecule has 6 aromatic rings. The number of halogens is 2. The Morgan fingerprint density at radius 3 is 1.53 bits per heavy atom. The minimum Gasteiger partial charge on any atom is -1.00 e. The van der Waals surface area contributed by atoms with Gasteiger partial charge in [-0.3, -0.25) is 0 Å². The molecule has 0 bridgehead atoms. The van der Waals surface area contributed by atoms with Crippen molar-refractivity contribution >= 4 is 27.0 Å². The molecule has 0 nitrogen and oxygen atoms in total. The third kappa shape index (κ3) is 10.6. The summed E-state index contributed by atoms with van der Waals surface area (Å²) in [5.74, 6) is 1.75. The Kier molecular flexibility index (Phi) is 16.1. The SMILES string of the molecule is CC(C)c1ccc(-c2cccc3[cH-]c(C(C)C)cc23)cc1.C[Si](C)=[Zr+2].Cc1cc2c(-c3ccc(C(C)C)cc3)ccc(C)c2[cH-]1.[Cl-].[Cl-]. The van der Waals surface area contributed by atoms with Gasteiger partial charge >= 0.3 is 41.9 Å². The molecule has 0 aliphatic heterocycles. The molecule has 246 valence electrons. The summed E-state index contributed by atoms with van der Waals surface area (Å²) >= 11 is 1.74. The largest absolute Gasteiger partial charge is 1.00 e. The average molecular weight is 757 g/mol. The Labute approximate surface area is 312 Å². The van der Waals surface area contributed by atoms with Gasteiger partial charge < -0.3 is 24.8 Å². The first-order valence-corrected chi connectivity index (χ1v) is 22.6. The third-order valence-electron chi connectivity index (χ3n) is 8.47. The van der Waals surface area contributed by atoms with Crippen molar-refractivity contribution in [2.24, 2.45) is 0 Å². The van der Waals surface area contributed by atoms with Crippen LogP contribution in [-0.4, -0.2) is 5.43 Å². The smallest absolute Gasteiger partial charge is 0.0219 e. The standard InChI is InChI=1S/C21H23.C20H21.C2H6Si.2ClH.Zr/c1-14(2)16-8-10-17(11-9-16)20-7-5-6-18-12-19(15(3)4)13-21(18)20;1-13(2)16-6-8-17(9-7-16)18-10-5-15(4)19-11-14(3)12-20(18)19;1-3-2;;;/h5-15H,1-4H3;5-13H,1-4H3;1-2H3;2*1H;/q2*-1;;;;+2/p-2. The van der Waals surface area contributed by atoms with Gasteiger partial charge in [-0.2, -0.15) is 12.1 Å². The van der Waals surface area contributed by atoms with E-state index in [1.807, 2.05) is 0 Å². The summed E-state index contributed by atoms with van der Waals surface area (Å²) < 4.78 is 0. The van der Waals surface area contributed by atoms with Gasteiger partial charge in [0, 0.05) is 0 Å². The number of hydrogen-bond acceptors (Lipinski definition) is 0. The summed E-state index contributed by atoms with van der Waals surface area (Å²) in [4.78, 5) is 0. The van der Waals surface area contributed by atoms with E-state index < -0.39 is 0 Å². The Bertz CT molecular complexity index is 1870. The minimum absolute atomic E-state index is 0. The summed E-state index contributed by atoms with van der Waals surface area (Å²) in [6, 6.07) is 38.4. The Morgan fingerprint density at radius 1 is 0.574 bits per heavy atom. The molecule has 0 amide bonds. The molecular weight excluding hydrogens is 707 g/mol. The van der Waals surface area contributed by atoms with E-state index in [1.54, 1.807) is 23.3 Å². The average Bonchev–Trinajstić information content (AvgIpc) is 3.62. The number of rotatable bonds is 5. The molecular formula is C43H50Cl2SiZr-2. The monoisotopic (exact) mass is 754 g/mol. The van der Waals surface area contributed by atoms with Gasteiger partial charge in [-0.1, -0.05) is 127 Å². The molecule has 6 aromatic carbocycles. The van der Waals surface area contributed by atoms with Crippen LogP contribution in [0.5, 0.6) is 0 Å². The maximum absolute atomic E-state index is 2.35. The van der Waals surface area contributed by atoms with Crippen molar-refractivity contribution in [2.75, 3.05) is 0 Å². The molecule has 6 rings (SSSR count). The maximum Gasteiger partial charge on any atom is -0.0219 e. The number of aryl methyl sites for hydroxylation is 2. The Hall–Kier alpha value is -2.22. The molecule has 0 spiro atoms. The first kappa shape index (κ1) is 41.0. The Morgan fingerprint density at radius 2 is 1.06 bits per heavy atom. The van der Waals surface area contributed by atoms with E-state index in [0.29, 0.717) is 17.8 Å². The molecule has 0 saturated carbocycles. The molecule has 0 unspecified atom stereocenters. The van der Waals surface area contributed by atoms with Crippen LogP contribution < -0.4 is 24.8 Å². The van der Waals surface area contributed by atoms with E-state index in [-0.39, 0.29) is 30.2 Å². The van der Waals surface area contributed by atoms with Gasteiger partial charge in [0.1, 0.15) is 0 Å². The van der Waals surface area contributed by atoms with Crippen LogP contribution in [0.4, 0.5) is 0 Å². The van der Waals surface area contributed by atoms with Gasteiger partial charge in [-0.15, -0.1) is 68.6 Å². The normalized spacial score (nSPS) is 10.7. The van der Waals surface area contributed by atoms with E-state index in [4.69, 9.17) is 0 Å². The van der Waals surface area contributed by atoms with Crippen molar-refractivity contribution in [1.82, 2.24) is 0 Å². The summed E-state index contributed by atoms with van der Waals surface area (Å²) in [5, 5.41) is 5.48. The molecule has 0 aliphatic rings. The quantitative estimate of drug-likeness (QED) is 0.129. The van der Waals surface area contributed by atoms with Gasteiger partial charge in [0.25, 0.3) is 0 Å².